The average Bonchev–Trinajstić information content (AvgIpc) is 3.26. The number of hydrogen-bond donors (Lipinski definition) is 1. The fourth-order valence-electron chi connectivity index (χ4n) is 3.12. The van der Waals surface area contributed by atoms with E-state index >= 15 is 0 Å². The predicted molar refractivity (Wildman–Crippen MR) is 132 cm³/mol. The highest BCUT2D eigenvalue weighted by Gasteiger charge is 2.15. The van der Waals surface area contributed by atoms with Crippen molar-refractivity contribution < 1.29 is 9.53 Å². The van der Waals surface area contributed by atoms with E-state index in [9.17, 15) is 9.59 Å². The van der Waals surface area contributed by atoms with Crippen molar-refractivity contribution in [3.05, 3.63) is 80.4 Å². The van der Waals surface area contributed by atoms with E-state index in [1.54, 1.807) is 23.8 Å². The number of aromatic nitrogens is 2. The Morgan fingerprint density at radius 3 is 2.72 bits per heavy atom. The first-order chi connectivity index (χ1) is 15.4. The Kier molecular flexibility index (Phi) is 6.83. The molecule has 0 fully saturated rings. The Morgan fingerprint density at radius 1 is 1.22 bits per heavy atom. The number of carbonyl (C=O) groups excluding carboxylic acids is 1. The van der Waals surface area contributed by atoms with Crippen molar-refractivity contribution >= 4 is 56.5 Å². The number of methoxy groups -OCH3 is 1. The van der Waals surface area contributed by atoms with Gasteiger partial charge >= 0.3 is 0 Å². The number of carbonyl (C=O) groups is 1. The standard InChI is InChI=1S/C23H20ClN3O3S2/c1-14-3-8-18(17(24)11-14)25-20(28)13-32-23-26-19-9-10-31-21(19)22(29)27(23)12-15-4-6-16(30-2)7-5-15/h3-11H,12-13H2,1-2H3,(H,25,28). The number of benzene rings is 2. The molecule has 0 aliphatic carbocycles. The van der Waals surface area contributed by atoms with Crippen LogP contribution in [0.1, 0.15) is 11.1 Å². The monoisotopic (exact) mass is 485 g/mol. The van der Waals surface area contributed by atoms with Crippen molar-refractivity contribution in [3.63, 3.8) is 0 Å². The van der Waals surface area contributed by atoms with Gasteiger partial charge in [0.1, 0.15) is 10.4 Å². The number of nitrogens with zero attached hydrogens (tertiary/aromatic N) is 2. The molecule has 0 aliphatic heterocycles. The summed E-state index contributed by atoms with van der Waals surface area (Å²) in [6, 6.07) is 14.8. The molecule has 32 heavy (non-hydrogen) atoms. The van der Waals surface area contributed by atoms with Gasteiger partial charge in [-0.05, 0) is 53.8 Å². The molecular formula is C23H20ClN3O3S2. The third-order valence-corrected chi connectivity index (χ3v) is 6.94. The van der Waals surface area contributed by atoms with E-state index in [-0.39, 0.29) is 17.2 Å². The molecule has 1 amide bonds. The molecule has 0 bridgehead atoms. The van der Waals surface area contributed by atoms with E-state index in [4.69, 9.17) is 16.3 Å². The van der Waals surface area contributed by atoms with Crippen LogP contribution < -0.4 is 15.6 Å². The van der Waals surface area contributed by atoms with E-state index in [0.717, 1.165) is 16.9 Å². The van der Waals surface area contributed by atoms with Crippen LogP contribution in [0.4, 0.5) is 5.69 Å². The second kappa shape index (κ2) is 9.77. The second-order valence-electron chi connectivity index (χ2n) is 7.09. The zero-order chi connectivity index (χ0) is 22.7. The number of nitrogens with one attached hydrogen (secondary N) is 1. The van der Waals surface area contributed by atoms with Crippen molar-refractivity contribution in [1.29, 1.82) is 0 Å². The van der Waals surface area contributed by atoms with Crippen molar-refractivity contribution in [2.24, 2.45) is 0 Å². The van der Waals surface area contributed by atoms with Gasteiger partial charge < -0.3 is 10.1 Å². The summed E-state index contributed by atoms with van der Waals surface area (Å²) in [5.74, 6) is 0.611. The maximum atomic E-state index is 13.1. The van der Waals surface area contributed by atoms with Crippen LogP contribution >= 0.6 is 34.7 Å². The van der Waals surface area contributed by atoms with Crippen LogP contribution in [0.5, 0.6) is 5.75 Å². The van der Waals surface area contributed by atoms with Gasteiger partial charge in [-0.15, -0.1) is 11.3 Å². The number of thioether (sulfide) groups is 1. The van der Waals surface area contributed by atoms with Gasteiger partial charge in [0.25, 0.3) is 5.56 Å². The minimum atomic E-state index is -0.226. The normalized spacial score (nSPS) is 11.0. The fourth-order valence-corrected chi connectivity index (χ4v) is 4.98. The van der Waals surface area contributed by atoms with Crippen LogP contribution in [0.25, 0.3) is 10.2 Å². The predicted octanol–water partition coefficient (Wildman–Crippen LogP) is 5.21. The zero-order valence-electron chi connectivity index (χ0n) is 17.4. The van der Waals surface area contributed by atoms with Crippen molar-refractivity contribution in [2.75, 3.05) is 18.2 Å². The largest absolute Gasteiger partial charge is 0.497 e. The molecule has 0 atom stereocenters. The van der Waals surface area contributed by atoms with Gasteiger partial charge in [-0.1, -0.05) is 41.6 Å². The van der Waals surface area contributed by atoms with Crippen molar-refractivity contribution in [1.82, 2.24) is 9.55 Å². The van der Waals surface area contributed by atoms with Gasteiger partial charge in [-0.2, -0.15) is 0 Å². The van der Waals surface area contributed by atoms with E-state index in [0.29, 0.717) is 32.6 Å². The van der Waals surface area contributed by atoms with Crippen LogP contribution in [0, 0.1) is 6.92 Å². The molecule has 164 valence electrons. The third kappa shape index (κ3) is 4.98. The lowest BCUT2D eigenvalue weighted by Crippen LogP contribution is -2.24. The molecule has 4 aromatic rings. The van der Waals surface area contributed by atoms with Gasteiger partial charge in [0.2, 0.25) is 5.91 Å². The van der Waals surface area contributed by atoms with Crippen LogP contribution in [-0.4, -0.2) is 28.3 Å². The van der Waals surface area contributed by atoms with Crippen LogP contribution in [-0.2, 0) is 11.3 Å². The number of fused-ring (bicyclic) bond motifs is 1. The molecular weight excluding hydrogens is 466 g/mol. The van der Waals surface area contributed by atoms with Crippen molar-refractivity contribution in [2.45, 2.75) is 18.6 Å². The minimum Gasteiger partial charge on any atom is -0.497 e. The highest BCUT2D eigenvalue weighted by molar-refractivity contribution is 7.99. The molecule has 0 saturated carbocycles. The smallest absolute Gasteiger partial charge is 0.272 e. The maximum absolute atomic E-state index is 13.1. The highest BCUT2D eigenvalue weighted by Crippen LogP contribution is 2.25. The summed E-state index contributed by atoms with van der Waals surface area (Å²) in [5.41, 5.74) is 3.02. The Morgan fingerprint density at radius 2 is 2.00 bits per heavy atom. The lowest BCUT2D eigenvalue weighted by molar-refractivity contribution is -0.113. The number of ether oxygens (including phenoxy) is 1. The number of thiophene rings is 1. The van der Waals surface area contributed by atoms with Gasteiger partial charge in [0.05, 0.1) is 35.6 Å². The van der Waals surface area contributed by atoms with E-state index < -0.39 is 0 Å². The Labute approximate surface area is 198 Å². The Balaban J connectivity index is 1.57. The van der Waals surface area contributed by atoms with Gasteiger partial charge in [0.15, 0.2) is 5.16 Å². The first-order valence-corrected chi connectivity index (χ1v) is 12.0. The molecule has 2 aromatic heterocycles. The van der Waals surface area contributed by atoms with E-state index in [1.807, 2.05) is 48.7 Å². The first-order valence-electron chi connectivity index (χ1n) is 9.74. The molecule has 9 heteroatoms. The molecule has 1 N–H and O–H groups in total. The van der Waals surface area contributed by atoms with E-state index in [2.05, 4.69) is 10.3 Å². The molecule has 0 spiro atoms. The summed E-state index contributed by atoms with van der Waals surface area (Å²) in [4.78, 5) is 30.3. The summed E-state index contributed by atoms with van der Waals surface area (Å²) in [6.07, 6.45) is 0. The molecule has 4 rings (SSSR count). The Hall–Kier alpha value is -2.81. The third-order valence-electron chi connectivity index (χ3n) is 4.76. The zero-order valence-corrected chi connectivity index (χ0v) is 19.8. The van der Waals surface area contributed by atoms with Crippen LogP contribution in [0.3, 0.4) is 0 Å². The lowest BCUT2D eigenvalue weighted by atomic mass is 10.2. The lowest BCUT2D eigenvalue weighted by Gasteiger charge is -2.13. The van der Waals surface area contributed by atoms with Gasteiger partial charge in [0, 0.05) is 0 Å². The number of rotatable bonds is 7. The number of halogens is 1. The average molecular weight is 486 g/mol. The number of anilines is 1. The molecule has 2 heterocycles. The first kappa shape index (κ1) is 22.4. The minimum absolute atomic E-state index is 0.0922. The summed E-state index contributed by atoms with van der Waals surface area (Å²) >= 11 is 8.80. The second-order valence-corrected chi connectivity index (χ2v) is 9.35. The van der Waals surface area contributed by atoms with Crippen LogP contribution in [0.15, 0.2) is 63.9 Å². The number of amides is 1. The molecule has 0 unspecified atom stereocenters. The summed E-state index contributed by atoms with van der Waals surface area (Å²) < 4.78 is 7.41. The van der Waals surface area contributed by atoms with Gasteiger partial charge in [-0.3, -0.25) is 14.2 Å². The quantitative estimate of drug-likeness (QED) is 0.287. The molecule has 6 nitrogen and oxygen atoms in total. The topological polar surface area (TPSA) is 73.2 Å². The molecule has 0 aliphatic rings. The molecule has 2 aromatic carbocycles. The summed E-state index contributed by atoms with van der Waals surface area (Å²) in [5, 5.41) is 5.63. The Bertz CT molecular complexity index is 1330. The summed E-state index contributed by atoms with van der Waals surface area (Å²) in [7, 11) is 1.61. The van der Waals surface area contributed by atoms with Crippen molar-refractivity contribution in [3.8, 4) is 5.75 Å². The fraction of sp³-hybridized carbons (Fsp3) is 0.174. The number of aryl methyl sites for hydroxylation is 1. The van der Waals surface area contributed by atoms with E-state index in [1.165, 1.54) is 23.1 Å². The molecule has 0 saturated heterocycles. The van der Waals surface area contributed by atoms with Crippen LogP contribution in [0.2, 0.25) is 5.02 Å². The molecule has 0 radical (unpaired) electrons. The van der Waals surface area contributed by atoms with Gasteiger partial charge in [-0.25, -0.2) is 4.98 Å². The summed E-state index contributed by atoms with van der Waals surface area (Å²) in [6.45, 7) is 2.28. The number of hydrogen-bond acceptors (Lipinski definition) is 6. The highest BCUT2D eigenvalue weighted by atomic mass is 35.5. The SMILES string of the molecule is COc1ccc(Cn2c(SCC(=O)Nc3ccc(C)cc3Cl)nc3ccsc3c2=O)cc1. The maximum Gasteiger partial charge on any atom is 0.272 e.